The topological polar surface area (TPSA) is 67.6 Å². The van der Waals surface area contributed by atoms with Gasteiger partial charge in [-0.25, -0.2) is 4.39 Å². The van der Waals surface area contributed by atoms with Crippen molar-refractivity contribution in [2.24, 2.45) is 7.05 Å². The Morgan fingerprint density at radius 2 is 2.04 bits per heavy atom. The second kappa shape index (κ2) is 6.84. The molecule has 0 radical (unpaired) electrons. The molecule has 7 heteroatoms. The molecule has 25 heavy (non-hydrogen) atoms. The van der Waals surface area contributed by atoms with Gasteiger partial charge in [0.2, 0.25) is 0 Å². The van der Waals surface area contributed by atoms with Crippen LogP contribution in [-0.2, 0) is 11.8 Å². The number of aromatic nitrogens is 2. The standard InChI is InChI=1S/C18H22FN3O3/c1-11-18(12(2)21(3)20-11)25-10-17(24)22-9-15(23)8-16(22)13-4-6-14(19)7-5-13/h4-7,15-16,23H,8-10H2,1-3H3/t15-,16-/m0/s1. The molecule has 1 aliphatic rings. The molecule has 1 aromatic carbocycles. The van der Waals surface area contributed by atoms with E-state index in [0.29, 0.717) is 12.2 Å². The maximum atomic E-state index is 13.1. The molecule has 3 rings (SSSR count). The summed E-state index contributed by atoms with van der Waals surface area (Å²) >= 11 is 0. The Labute approximate surface area is 145 Å². The lowest BCUT2D eigenvalue weighted by molar-refractivity contribution is -0.134. The van der Waals surface area contributed by atoms with E-state index in [1.807, 2.05) is 20.9 Å². The van der Waals surface area contributed by atoms with E-state index in [0.717, 1.165) is 17.0 Å². The van der Waals surface area contributed by atoms with Gasteiger partial charge in [0, 0.05) is 13.6 Å². The predicted octanol–water partition coefficient (Wildman–Crippen LogP) is 1.89. The number of aliphatic hydroxyl groups is 1. The van der Waals surface area contributed by atoms with Crippen molar-refractivity contribution in [3.05, 3.63) is 47.0 Å². The smallest absolute Gasteiger partial charge is 0.261 e. The molecule has 1 amide bonds. The number of carbonyl (C=O) groups excluding carboxylic acids is 1. The van der Waals surface area contributed by atoms with E-state index < -0.39 is 6.10 Å². The lowest BCUT2D eigenvalue weighted by Crippen LogP contribution is -2.35. The molecule has 6 nitrogen and oxygen atoms in total. The van der Waals surface area contributed by atoms with Crippen LogP contribution in [0.25, 0.3) is 0 Å². The van der Waals surface area contributed by atoms with Gasteiger partial charge in [-0.05, 0) is 38.0 Å². The number of benzene rings is 1. The van der Waals surface area contributed by atoms with E-state index in [-0.39, 0.29) is 30.9 Å². The number of likely N-dealkylation sites (tertiary alicyclic amines) is 1. The molecule has 1 saturated heterocycles. The van der Waals surface area contributed by atoms with Crippen LogP contribution in [0.5, 0.6) is 5.75 Å². The highest BCUT2D eigenvalue weighted by atomic mass is 19.1. The van der Waals surface area contributed by atoms with Crippen molar-refractivity contribution in [3.63, 3.8) is 0 Å². The minimum absolute atomic E-state index is 0.127. The highest BCUT2D eigenvalue weighted by molar-refractivity contribution is 5.78. The highest BCUT2D eigenvalue weighted by Crippen LogP contribution is 2.32. The minimum atomic E-state index is -0.596. The second-order valence-electron chi connectivity index (χ2n) is 6.42. The number of ether oxygens (including phenoxy) is 1. The molecule has 2 atom stereocenters. The van der Waals surface area contributed by atoms with Gasteiger partial charge in [-0.15, -0.1) is 0 Å². The number of halogens is 1. The van der Waals surface area contributed by atoms with E-state index in [1.165, 1.54) is 12.1 Å². The monoisotopic (exact) mass is 347 g/mol. The van der Waals surface area contributed by atoms with Gasteiger partial charge in [-0.3, -0.25) is 9.48 Å². The number of nitrogens with zero attached hydrogens (tertiary/aromatic N) is 3. The summed E-state index contributed by atoms with van der Waals surface area (Å²) in [5.74, 6) is 0.0634. The molecule has 0 bridgehead atoms. The zero-order valence-corrected chi connectivity index (χ0v) is 14.6. The van der Waals surface area contributed by atoms with Gasteiger partial charge in [0.25, 0.3) is 5.91 Å². The average molecular weight is 347 g/mol. The molecule has 134 valence electrons. The first-order chi connectivity index (χ1) is 11.9. The molecule has 2 aromatic rings. The second-order valence-corrected chi connectivity index (χ2v) is 6.42. The maximum Gasteiger partial charge on any atom is 0.261 e. The van der Waals surface area contributed by atoms with E-state index in [4.69, 9.17) is 4.74 Å². The zero-order chi connectivity index (χ0) is 18.1. The lowest BCUT2D eigenvalue weighted by Gasteiger charge is -2.24. The third-order valence-corrected chi connectivity index (χ3v) is 4.64. The summed E-state index contributed by atoms with van der Waals surface area (Å²) < 4.78 is 20.5. The van der Waals surface area contributed by atoms with Crippen molar-refractivity contribution >= 4 is 5.91 Å². The number of hydrogen-bond donors (Lipinski definition) is 1. The minimum Gasteiger partial charge on any atom is -0.480 e. The summed E-state index contributed by atoms with van der Waals surface area (Å²) in [7, 11) is 1.82. The van der Waals surface area contributed by atoms with Crippen molar-refractivity contribution in [2.75, 3.05) is 13.2 Å². The molecule has 1 fully saturated rings. The normalized spacial score (nSPS) is 20.1. The Hall–Kier alpha value is -2.41. The van der Waals surface area contributed by atoms with Gasteiger partial charge in [0.05, 0.1) is 17.8 Å². The van der Waals surface area contributed by atoms with Gasteiger partial charge in [-0.1, -0.05) is 12.1 Å². The number of hydrogen-bond acceptors (Lipinski definition) is 4. The summed E-state index contributed by atoms with van der Waals surface area (Å²) in [6.45, 7) is 3.82. The number of aryl methyl sites for hydroxylation is 2. The van der Waals surface area contributed by atoms with Crippen LogP contribution in [0.15, 0.2) is 24.3 Å². The summed E-state index contributed by atoms with van der Waals surface area (Å²) in [5.41, 5.74) is 2.38. The van der Waals surface area contributed by atoms with Crippen LogP contribution in [0.1, 0.15) is 29.4 Å². The number of amides is 1. The van der Waals surface area contributed by atoms with Crippen molar-refractivity contribution in [1.82, 2.24) is 14.7 Å². The first-order valence-electron chi connectivity index (χ1n) is 8.22. The number of rotatable bonds is 4. The molecular weight excluding hydrogens is 325 g/mol. The first-order valence-corrected chi connectivity index (χ1v) is 8.22. The van der Waals surface area contributed by atoms with Crippen molar-refractivity contribution in [1.29, 1.82) is 0 Å². The van der Waals surface area contributed by atoms with Crippen LogP contribution in [-0.4, -0.2) is 44.9 Å². The zero-order valence-electron chi connectivity index (χ0n) is 14.6. The maximum absolute atomic E-state index is 13.1. The highest BCUT2D eigenvalue weighted by Gasteiger charge is 2.35. The van der Waals surface area contributed by atoms with Crippen LogP contribution < -0.4 is 4.74 Å². The van der Waals surface area contributed by atoms with Crippen molar-refractivity contribution < 1.29 is 19.0 Å². The SMILES string of the molecule is Cc1nn(C)c(C)c1OCC(=O)N1C[C@@H](O)C[C@H]1c1ccc(F)cc1. The first kappa shape index (κ1) is 17.4. The van der Waals surface area contributed by atoms with E-state index >= 15 is 0 Å². The van der Waals surface area contributed by atoms with Crippen molar-refractivity contribution in [2.45, 2.75) is 32.4 Å². The quantitative estimate of drug-likeness (QED) is 0.917. The van der Waals surface area contributed by atoms with Crippen LogP contribution in [0.4, 0.5) is 4.39 Å². The molecule has 1 N–H and O–H groups in total. The Morgan fingerprint density at radius 1 is 1.36 bits per heavy atom. The molecule has 0 unspecified atom stereocenters. The van der Waals surface area contributed by atoms with Gasteiger partial charge in [0.1, 0.15) is 11.5 Å². The summed E-state index contributed by atoms with van der Waals surface area (Å²) in [6, 6.07) is 5.74. The number of β-amino-alcohol motifs (C(OH)–C–C–N with tert-alkyl or cyclic N) is 1. The molecular formula is C18H22FN3O3. The average Bonchev–Trinajstić information content (AvgIpc) is 3.07. The van der Waals surface area contributed by atoms with Crippen LogP contribution in [0.3, 0.4) is 0 Å². The summed E-state index contributed by atoms with van der Waals surface area (Å²) in [5, 5.41) is 14.2. The van der Waals surface area contributed by atoms with Crippen LogP contribution in [0.2, 0.25) is 0 Å². The number of aliphatic hydroxyl groups excluding tert-OH is 1. The fraction of sp³-hybridized carbons (Fsp3) is 0.444. The molecule has 0 spiro atoms. The van der Waals surface area contributed by atoms with E-state index in [2.05, 4.69) is 5.10 Å². The largest absolute Gasteiger partial charge is 0.480 e. The Bertz CT molecular complexity index is 773. The van der Waals surface area contributed by atoms with Gasteiger partial charge < -0.3 is 14.7 Å². The Kier molecular flexibility index (Phi) is 4.76. The predicted molar refractivity (Wildman–Crippen MR) is 89.7 cm³/mol. The van der Waals surface area contributed by atoms with E-state index in [9.17, 15) is 14.3 Å². The summed E-state index contributed by atoms with van der Waals surface area (Å²) in [4.78, 5) is 14.2. The van der Waals surface area contributed by atoms with Crippen LogP contribution >= 0.6 is 0 Å². The number of carbonyl (C=O) groups is 1. The summed E-state index contributed by atoms with van der Waals surface area (Å²) in [6.07, 6.45) is -0.164. The van der Waals surface area contributed by atoms with Gasteiger partial charge >= 0.3 is 0 Å². The van der Waals surface area contributed by atoms with Gasteiger partial charge in [0.15, 0.2) is 12.4 Å². The fourth-order valence-electron chi connectivity index (χ4n) is 3.27. The Balaban J connectivity index is 1.72. The molecule has 2 heterocycles. The fourth-order valence-corrected chi connectivity index (χ4v) is 3.27. The third kappa shape index (κ3) is 3.51. The molecule has 1 aromatic heterocycles. The van der Waals surface area contributed by atoms with Gasteiger partial charge in [-0.2, -0.15) is 5.10 Å². The van der Waals surface area contributed by atoms with Crippen LogP contribution in [0, 0.1) is 19.7 Å². The molecule has 1 aliphatic heterocycles. The third-order valence-electron chi connectivity index (χ3n) is 4.64. The molecule has 0 aliphatic carbocycles. The van der Waals surface area contributed by atoms with Crippen molar-refractivity contribution in [3.8, 4) is 5.75 Å². The lowest BCUT2D eigenvalue weighted by atomic mass is 10.0. The Morgan fingerprint density at radius 3 is 2.64 bits per heavy atom. The van der Waals surface area contributed by atoms with E-state index in [1.54, 1.807) is 21.7 Å². The molecule has 0 saturated carbocycles.